The third-order valence-electron chi connectivity index (χ3n) is 3.71. The van der Waals surface area contributed by atoms with Gasteiger partial charge in [-0.3, -0.25) is 14.5 Å². The number of alkyl halides is 2. The van der Waals surface area contributed by atoms with Gasteiger partial charge in [0.2, 0.25) is 5.91 Å². The largest absolute Gasteiger partial charge is 0.393 e. The Morgan fingerprint density at radius 2 is 2.17 bits per heavy atom. The Morgan fingerprint density at radius 3 is 2.77 bits per heavy atom. The summed E-state index contributed by atoms with van der Waals surface area (Å²) in [4.78, 5) is 21.9. The zero-order chi connectivity index (χ0) is 22.3. The lowest BCUT2D eigenvalue weighted by molar-refractivity contribution is -0.120. The van der Waals surface area contributed by atoms with E-state index in [9.17, 15) is 13.6 Å². The fraction of sp³-hybridized carbons (Fsp3) is 0.400. The standard InChI is InChI=1S/C20H22ClF2N5O2/c1-5-6-13-7-15(21)19(25-9-13)16(27-30-12(2)3)10-24-17(29)8-14-11-28(4)26-18(14)20(22)23/h7,9,11-12,20H,8,10H2,1-4H3,(H,24,29)/b27-16-. The molecule has 0 aromatic carbocycles. The number of aryl methyl sites for hydroxylation is 1. The van der Waals surface area contributed by atoms with Crippen LogP contribution in [0.2, 0.25) is 5.02 Å². The fourth-order valence-corrected chi connectivity index (χ4v) is 2.76. The molecule has 0 fully saturated rings. The van der Waals surface area contributed by atoms with Crippen LogP contribution in [-0.4, -0.2) is 39.0 Å². The number of oxime groups is 1. The Labute approximate surface area is 178 Å². The zero-order valence-corrected chi connectivity index (χ0v) is 17.8. The van der Waals surface area contributed by atoms with E-state index < -0.39 is 18.0 Å². The van der Waals surface area contributed by atoms with Crippen LogP contribution in [0.25, 0.3) is 0 Å². The van der Waals surface area contributed by atoms with Crippen LogP contribution in [-0.2, 0) is 23.1 Å². The number of halogens is 3. The van der Waals surface area contributed by atoms with Crippen LogP contribution in [0, 0.1) is 11.8 Å². The summed E-state index contributed by atoms with van der Waals surface area (Å²) in [6.45, 7) is 5.23. The number of nitrogens with zero attached hydrogens (tertiary/aromatic N) is 4. The molecular weight excluding hydrogens is 416 g/mol. The van der Waals surface area contributed by atoms with Crippen LogP contribution < -0.4 is 5.32 Å². The third-order valence-corrected chi connectivity index (χ3v) is 3.99. The second-order valence-electron chi connectivity index (χ2n) is 6.59. The number of rotatable bonds is 8. The smallest absolute Gasteiger partial charge is 0.282 e. The Hall–Kier alpha value is -2.99. The first-order valence-electron chi connectivity index (χ1n) is 9.09. The number of aromatic nitrogens is 3. The van der Waals surface area contributed by atoms with Crippen molar-refractivity contribution in [1.82, 2.24) is 20.1 Å². The second-order valence-corrected chi connectivity index (χ2v) is 7.00. The first-order valence-corrected chi connectivity index (χ1v) is 9.47. The van der Waals surface area contributed by atoms with Crippen LogP contribution >= 0.6 is 11.6 Å². The van der Waals surface area contributed by atoms with Gasteiger partial charge in [0.15, 0.2) is 0 Å². The molecule has 30 heavy (non-hydrogen) atoms. The van der Waals surface area contributed by atoms with Crippen LogP contribution in [0.5, 0.6) is 0 Å². The van der Waals surface area contributed by atoms with Gasteiger partial charge in [0.25, 0.3) is 6.43 Å². The highest BCUT2D eigenvalue weighted by atomic mass is 35.5. The van der Waals surface area contributed by atoms with Crippen LogP contribution in [0.3, 0.4) is 0 Å². The SMILES string of the molecule is CC#Cc1cnc(/C(CNC(=O)Cc2cn(C)nc2C(F)F)=N\OC(C)C)c(Cl)c1. The number of amides is 1. The molecule has 0 aliphatic heterocycles. The molecule has 1 N–H and O–H groups in total. The average Bonchev–Trinajstić information content (AvgIpc) is 3.03. The van der Waals surface area contributed by atoms with Crippen LogP contribution in [0.4, 0.5) is 8.78 Å². The van der Waals surface area contributed by atoms with Gasteiger partial charge in [-0.05, 0) is 26.8 Å². The maximum absolute atomic E-state index is 13.1. The minimum Gasteiger partial charge on any atom is -0.393 e. The van der Waals surface area contributed by atoms with E-state index in [0.717, 1.165) is 0 Å². The molecule has 160 valence electrons. The Bertz CT molecular complexity index is 993. The Morgan fingerprint density at radius 1 is 1.43 bits per heavy atom. The normalized spacial score (nSPS) is 11.4. The van der Waals surface area contributed by atoms with E-state index in [-0.39, 0.29) is 24.6 Å². The van der Waals surface area contributed by atoms with Crippen molar-refractivity contribution >= 4 is 23.2 Å². The zero-order valence-electron chi connectivity index (χ0n) is 17.0. The first kappa shape index (κ1) is 23.3. The van der Waals surface area contributed by atoms with E-state index >= 15 is 0 Å². The minimum absolute atomic E-state index is 0.0542. The van der Waals surface area contributed by atoms with E-state index in [4.69, 9.17) is 16.4 Å². The Kier molecular flexibility index (Phi) is 8.30. The predicted molar refractivity (Wildman–Crippen MR) is 109 cm³/mol. The lowest BCUT2D eigenvalue weighted by atomic mass is 10.1. The van der Waals surface area contributed by atoms with Crippen LogP contribution in [0.1, 0.15) is 49.7 Å². The van der Waals surface area contributed by atoms with Gasteiger partial charge in [-0.1, -0.05) is 22.7 Å². The molecule has 1 amide bonds. The summed E-state index contributed by atoms with van der Waals surface area (Å²) >= 11 is 6.30. The van der Waals surface area contributed by atoms with Gasteiger partial charge in [0.05, 0.1) is 18.0 Å². The number of hydrogen-bond donors (Lipinski definition) is 1. The molecule has 2 heterocycles. The van der Waals surface area contributed by atoms with Crippen LogP contribution in [0.15, 0.2) is 23.6 Å². The molecule has 2 aromatic heterocycles. The van der Waals surface area contributed by atoms with E-state index in [0.29, 0.717) is 22.0 Å². The fourth-order valence-electron chi connectivity index (χ4n) is 2.48. The summed E-state index contributed by atoms with van der Waals surface area (Å²) < 4.78 is 27.4. The van der Waals surface area contributed by atoms with Crippen molar-refractivity contribution in [3.8, 4) is 11.8 Å². The number of pyridine rings is 1. The van der Waals surface area contributed by atoms with Crippen molar-refractivity contribution in [2.75, 3.05) is 6.54 Å². The predicted octanol–water partition coefficient (Wildman–Crippen LogP) is 3.27. The molecule has 0 radical (unpaired) electrons. The minimum atomic E-state index is -2.77. The maximum atomic E-state index is 13.1. The van der Waals surface area contributed by atoms with Gasteiger partial charge >= 0.3 is 0 Å². The van der Waals surface area contributed by atoms with Gasteiger partial charge < -0.3 is 10.2 Å². The highest BCUT2D eigenvalue weighted by molar-refractivity contribution is 6.34. The molecule has 0 saturated heterocycles. The quantitative estimate of drug-likeness (QED) is 0.390. The van der Waals surface area contributed by atoms with Crippen molar-refractivity contribution in [3.05, 3.63) is 46.0 Å². The number of hydrogen-bond acceptors (Lipinski definition) is 5. The molecule has 0 unspecified atom stereocenters. The average molecular weight is 438 g/mol. The molecule has 0 bridgehead atoms. The van der Waals surface area contributed by atoms with Gasteiger partial charge in [0.1, 0.15) is 23.2 Å². The summed E-state index contributed by atoms with van der Waals surface area (Å²) in [6, 6.07) is 1.64. The first-order chi connectivity index (χ1) is 14.2. The van der Waals surface area contributed by atoms with E-state index in [2.05, 4.69) is 32.4 Å². The molecule has 7 nitrogen and oxygen atoms in total. The van der Waals surface area contributed by atoms with E-state index in [1.54, 1.807) is 26.8 Å². The highest BCUT2D eigenvalue weighted by Gasteiger charge is 2.20. The molecule has 0 atom stereocenters. The summed E-state index contributed by atoms with van der Waals surface area (Å²) in [5.74, 6) is 5.13. The number of nitrogens with one attached hydrogen (secondary N) is 1. The molecule has 2 rings (SSSR count). The second kappa shape index (κ2) is 10.7. The monoisotopic (exact) mass is 437 g/mol. The summed E-state index contributed by atoms with van der Waals surface area (Å²) in [7, 11) is 1.52. The van der Waals surface area contributed by atoms with Crippen molar-refractivity contribution in [3.63, 3.8) is 0 Å². The van der Waals surface area contributed by atoms with Crippen molar-refractivity contribution < 1.29 is 18.4 Å². The lowest BCUT2D eigenvalue weighted by Gasteiger charge is -2.11. The van der Waals surface area contributed by atoms with Crippen molar-refractivity contribution in [2.24, 2.45) is 12.2 Å². The van der Waals surface area contributed by atoms with E-state index in [1.807, 2.05) is 0 Å². The Balaban J connectivity index is 2.17. The molecule has 0 aliphatic rings. The highest BCUT2D eigenvalue weighted by Crippen LogP contribution is 2.21. The molecule has 0 saturated carbocycles. The molecule has 0 aliphatic carbocycles. The van der Waals surface area contributed by atoms with Gasteiger partial charge in [-0.2, -0.15) is 5.10 Å². The summed E-state index contributed by atoms with van der Waals surface area (Å²) in [5, 5.41) is 10.7. The van der Waals surface area contributed by atoms with Gasteiger partial charge in [-0.15, -0.1) is 5.92 Å². The molecular formula is C20H22ClF2N5O2. The summed E-state index contributed by atoms with van der Waals surface area (Å²) in [6.07, 6.45) is -0.293. The molecule has 2 aromatic rings. The number of carbonyl (C=O) groups is 1. The van der Waals surface area contributed by atoms with Crippen molar-refractivity contribution in [2.45, 2.75) is 39.7 Å². The molecule has 10 heteroatoms. The maximum Gasteiger partial charge on any atom is 0.282 e. The van der Waals surface area contributed by atoms with Gasteiger partial charge in [-0.25, -0.2) is 8.78 Å². The molecule has 0 spiro atoms. The van der Waals surface area contributed by atoms with E-state index in [1.165, 1.54) is 24.1 Å². The summed E-state index contributed by atoms with van der Waals surface area (Å²) in [5.41, 5.74) is 0.991. The third kappa shape index (κ3) is 6.52. The van der Waals surface area contributed by atoms with Crippen molar-refractivity contribution in [1.29, 1.82) is 0 Å². The number of carbonyl (C=O) groups excluding carboxylic acids is 1. The lowest BCUT2D eigenvalue weighted by Crippen LogP contribution is -2.32. The van der Waals surface area contributed by atoms with Gasteiger partial charge in [0, 0.05) is 30.6 Å². The topological polar surface area (TPSA) is 81.4 Å².